The lowest BCUT2D eigenvalue weighted by Gasteiger charge is -2.07. The van der Waals surface area contributed by atoms with Crippen LogP contribution in [0.2, 0.25) is 0 Å². The van der Waals surface area contributed by atoms with Gasteiger partial charge < -0.3 is 5.32 Å². The summed E-state index contributed by atoms with van der Waals surface area (Å²) >= 11 is 0. The summed E-state index contributed by atoms with van der Waals surface area (Å²) in [6, 6.07) is 4.99. The minimum absolute atomic E-state index is 0.0335. The van der Waals surface area contributed by atoms with Gasteiger partial charge in [-0.05, 0) is 30.7 Å². The molecule has 0 aliphatic carbocycles. The molecule has 2 rings (SSSR count). The highest BCUT2D eigenvalue weighted by atomic mass is 19.4. The van der Waals surface area contributed by atoms with Crippen LogP contribution in [-0.2, 0) is 17.5 Å². The average molecular weight is 301 g/mol. The van der Waals surface area contributed by atoms with Crippen molar-refractivity contribution in [1.29, 1.82) is 0 Å². The number of carbonyl (C=O) groups excluding carboxylic acids is 1. The van der Waals surface area contributed by atoms with Crippen molar-refractivity contribution in [2.45, 2.75) is 19.6 Å². The summed E-state index contributed by atoms with van der Waals surface area (Å²) in [6.45, 7) is 1.25. The standard InChI is InChI=1S/C13H11F4N3O/c1-8-2-3-10(9(14)6-8)18-12(21)7-20-5-4-11(19-20)13(15,16)17/h2-6H,7H2,1H3,(H,18,21). The fraction of sp³-hybridized carbons (Fsp3) is 0.231. The van der Waals surface area contributed by atoms with E-state index in [9.17, 15) is 22.4 Å². The third-order valence-corrected chi connectivity index (χ3v) is 2.64. The molecule has 0 bridgehead atoms. The number of hydrogen-bond acceptors (Lipinski definition) is 2. The summed E-state index contributed by atoms with van der Waals surface area (Å²) in [6.07, 6.45) is -3.53. The topological polar surface area (TPSA) is 46.9 Å². The number of rotatable bonds is 3. The molecule has 112 valence electrons. The number of alkyl halides is 3. The van der Waals surface area contributed by atoms with Crippen LogP contribution in [0.5, 0.6) is 0 Å². The van der Waals surface area contributed by atoms with E-state index in [4.69, 9.17) is 0 Å². The molecule has 21 heavy (non-hydrogen) atoms. The molecule has 1 aromatic carbocycles. The van der Waals surface area contributed by atoms with Gasteiger partial charge in [-0.3, -0.25) is 9.48 Å². The molecule has 0 spiro atoms. The predicted octanol–water partition coefficient (Wildman–Crippen LogP) is 2.99. The van der Waals surface area contributed by atoms with Crippen LogP contribution in [0.15, 0.2) is 30.5 Å². The first kappa shape index (κ1) is 15.0. The number of aromatic nitrogens is 2. The lowest BCUT2D eigenvalue weighted by atomic mass is 10.2. The van der Waals surface area contributed by atoms with E-state index in [2.05, 4.69) is 10.4 Å². The molecule has 4 nitrogen and oxygen atoms in total. The van der Waals surface area contributed by atoms with Gasteiger partial charge in [-0.2, -0.15) is 18.3 Å². The van der Waals surface area contributed by atoms with Gasteiger partial charge in [-0.1, -0.05) is 6.07 Å². The molecule has 0 saturated carbocycles. The number of hydrogen-bond donors (Lipinski definition) is 1. The Labute approximate surface area is 117 Å². The zero-order valence-corrected chi connectivity index (χ0v) is 10.9. The monoisotopic (exact) mass is 301 g/mol. The average Bonchev–Trinajstić information content (AvgIpc) is 2.81. The lowest BCUT2D eigenvalue weighted by Crippen LogP contribution is -2.20. The highest BCUT2D eigenvalue weighted by Gasteiger charge is 2.33. The van der Waals surface area contributed by atoms with E-state index in [1.54, 1.807) is 13.0 Å². The number of aryl methyl sites for hydroxylation is 1. The molecule has 1 N–H and O–H groups in total. The van der Waals surface area contributed by atoms with Gasteiger partial charge >= 0.3 is 6.18 Å². The highest BCUT2D eigenvalue weighted by Crippen LogP contribution is 2.27. The quantitative estimate of drug-likeness (QED) is 0.886. The van der Waals surface area contributed by atoms with Gasteiger partial charge in [-0.25, -0.2) is 4.39 Å². The SMILES string of the molecule is Cc1ccc(NC(=O)Cn2ccc(C(F)(F)F)n2)c(F)c1. The smallest absolute Gasteiger partial charge is 0.322 e. The van der Waals surface area contributed by atoms with Crippen LogP contribution in [0.25, 0.3) is 0 Å². The first-order valence-corrected chi connectivity index (χ1v) is 5.92. The molecule has 0 radical (unpaired) electrons. The Balaban J connectivity index is 2.03. The van der Waals surface area contributed by atoms with Crippen molar-refractivity contribution in [3.05, 3.63) is 47.5 Å². The molecular formula is C13H11F4N3O. The van der Waals surface area contributed by atoms with Crippen LogP contribution in [0.4, 0.5) is 23.2 Å². The number of carbonyl (C=O) groups is 1. The molecule has 0 atom stereocenters. The van der Waals surface area contributed by atoms with E-state index in [1.165, 1.54) is 12.1 Å². The molecule has 1 amide bonds. The van der Waals surface area contributed by atoms with Gasteiger partial charge in [0.25, 0.3) is 0 Å². The maximum atomic E-state index is 13.5. The van der Waals surface area contributed by atoms with E-state index in [0.717, 1.165) is 16.9 Å². The molecule has 1 aromatic heterocycles. The van der Waals surface area contributed by atoms with E-state index < -0.39 is 30.1 Å². The normalized spacial score (nSPS) is 11.5. The maximum Gasteiger partial charge on any atom is 0.435 e. The van der Waals surface area contributed by atoms with E-state index in [1.807, 2.05) is 0 Å². The van der Waals surface area contributed by atoms with Crippen molar-refractivity contribution in [2.24, 2.45) is 0 Å². The number of nitrogens with one attached hydrogen (secondary N) is 1. The Morgan fingerprint density at radius 1 is 1.33 bits per heavy atom. The fourth-order valence-electron chi connectivity index (χ4n) is 1.66. The largest absolute Gasteiger partial charge is 0.435 e. The highest BCUT2D eigenvalue weighted by molar-refractivity contribution is 5.90. The van der Waals surface area contributed by atoms with Crippen LogP contribution in [-0.4, -0.2) is 15.7 Å². The van der Waals surface area contributed by atoms with Gasteiger partial charge in [0.15, 0.2) is 5.69 Å². The van der Waals surface area contributed by atoms with Crippen molar-refractivity contribution < 1.29 is 22.4 Å². The third-order valence-electron chi connectivity index (χ3n) is 2.64. The summed E-state index contributed by atoms with van der Waals surface area (Å²) in [7, 11) is 0. The maximum absolute atomic E-state index is 13.5. The Hall–Kier alpha value is -2.38. The predicted molar refractivity (Wildman–Crippen MR) is 67.0 cm³/mol. The Kier molecular flexibility index (Phi) is 3.97. The molecule has 0 aliphatic heterocycles. The number of anilines is 1. The second-order valence-electron chi connectivity index (χ2n) is 4.43. The molecule has 0 unspecified atom stereocenters. The van der Waals surface area contributed by atoms with Crippen LogP contribution in [0.1, 0.15) is 11.3 Å². The number of benzene rings is 1. The van der Waals surface area contributed by atoms with Gasteiger partial charge in [0, 0.05) is 6.20 Å². The summed E-state index contributed by atoms with van der Waals surface area (Å²) < 4.78 is 51.4. The molecule has 0 aliphatic rings. The van der Waals surface area contributed by atoms with Gasteiger partial charge in [0.05, 0.1) is 5.69 Å². The fourth-order valence-corrected chi connectivity index (χ4v) is 1.66. The Morgan fingerprint density at radius 3 is 2.62 bits per heavy atom. The lowest BCUT2D eigenvalue weighted by molar-refractivity contribution is -0.141. The first-order chi connectivity index (χ1) is 9.75. The van der Waals surface area contributed by atoms with E-state index in [-0.39, 0.29) is 5.69 Å². The van der Waals surface area contributed by atoms with Crippen molar-refractivity contribution in [3.63, 3.8) is 0 Å². The second kappa shape index (κ2) is 5.55. The number of amides is 1. The second-order valence-corrected chi connectivity index (χ2v) is 4.43. The van der Waals surface area contributed by atoms with Crippen LogP contribution < -0.4 is 5.32 Å². The summed E-state index contributed by atoms with van der Waals surface area (Å²) in [4.78, 5) is 11.7. The van der Waals surface area contributed by atoms with E-state index in [0.29, 0.717) is 5.56 Å². The Morgan fingerprint density at radius 2 is 2.05 bits per heavy atom. The molecule has 2 aromatic rings. The zero-order valence-electron chi connectivity index (χ0n) is 10.9. The zero-order chi connectivity index (χ0) is 15.6. The molecule has 0 fully saturated rings. The van der Waals surface area contributed by atoms with Crippen molar-refractivity contribution in [3.8, 4) is 0 Å². The molecule has 1 heterocycles. The molecular weight excluding hydrogens is 290 g/mol. The summed E-state index contributed by atoms with van der Waals surface area (Å²) in [5, 5.41) is 5.51. The molecule has 0 saturated heterocycles. The van der Waals surface area contributed by atoms with Crippen molar-refractivity contribution in [1.82, 2.24) is 9.78 Å². The van der Waals surface area contributed by atoms with Crippen LogP contribution >= 0.6 is 0 Å². The van der Waals surface area contributed by atoms with Crippen molar-refractivity contribution in [2.75, 3.05) is 5.32 Å². The number of nitrogens with zero attached hydrogens (tertiary/aromatic N) is 2. The third kappa shape index (κ3) is 3.80. The summed E-state index contributed by atoms with van der Waals surface area (Å²) in [5.41, 5.74) is -0.432. The van der Waals surface area contributed by atoms with Gasteiger partial charge in [-0.15, -0.1) is 0 Å². The minimum Gasteiger partial charge on any atom is -0.322 e. The van der Waals surface area contributed by atoms with Crippen molar-refractivity contribution >= 4 is 11.6 Å². The van der Waals surface area contributed by atoms with Gasteiger partial charge in [0.1, 0.15) is 12.4 Å². The van der Waals surface area contributed by atoms with E-state index >= 15 is 0 Å². The van der Waals surface area contributed by atoms with Crippen LogP contribution in [0, 0.1) is 12.7 Å². The molecule has 8 heteroatoms. The first-order valence-electron chi connectivity index (χ1n) is 5.92. The summed E-state index contributed by atoms with van der Waals surface area (Å²) in [5.74, 6) is -1.28. The number of halogens is 4. The minimum atomic E-state index is -4.56. The van der Waals surface area contributed by atoms with Gasteiger partial charge in [0.2, 0.25) is 5.91 Å². The van der Waals surface area contributed by atoms with Crippen LogP contribution in [0.3, 0.4) is 0 Å². The Bertz CT molecular complexity index is 664.